The molecule has 0 saturated carbocycles. The van der Waals surface area contributed by atoms with Crippen LogP contribution in [0.1, 0.15) is 16.5 Å². The Morgan fingerprint density at radius 2 is 1.89 bits per heavy atom. The van der Waals surface area contributed by atoms with Crippen molar-refractivity contribution in [3.63, 3.8) is 0 Å². The number of hydrogen-bond donors (Lipinski definition) is 3. The number of nitrogens with one attached hydrogen (secondary N) is 3. The molecular weight excluding hydrogens is 377 g/mol. The normalized spacial score (nSPS) is 12.5. The molecule has 0 spiro atoms. The van der Waals surface area contributed by atoms with E-state index in [-0.39, 0.29) is 0 Å². The Balaban J connectivity index is 1.42. The van der Waals surface area contributed by atoms with Crippen molar-refractivity contribution in [2.75, 3.05) is 20.1 Å². The van der Waals surface area contributed by atoms with Crippen molar-refractivity contribution in [3.05, 3.63) is 46.2 Å². The van der Waals surface area contributed by atoms with Gasteiger partial charge in [0.15, 0.2) is 11.7 Å². The van der Waals surface area contributed by atoms with Gasteiger partial charge in [-0.15, -0.1) is 11.3 Å². The topological polar surface area (TPSA) is 78.0 Å². The van der Waals surface area contributed by atoms with Crippen molar-refractivity contribution in [1.82, 2.24) is 25.6 Å². The van der Waals surface area contributed by atoms with Crippen LogP contribution in [0.5, 0.6) is 0 Å². The van der Waals surface area contributed by atoms with Gasteiger partial charge in [-0.3, -0.25) is 4.99 Å². The lowest BCUT2D eigenvalue weighted by molar-refractivity contribution is -0.140. The Bertz CT molecular complexity index is 882. The van der Waals surface area contributed by atoms with Crippen molar-refractivity contribution >= 4 is 28.3 Å². The molecule has 0 aliphatic carbocycles. The highest BCUT2D eigenvalue weighted by atomic mass is 32.1. The SMILES string of the molecule is CN=C(NCCc1nc2ccccc2[nH]1)NCCc1nc(C(F)(F)F)cs1. The van der Waals surface area contributed by atoms with E-state index in [0.717, 1.165) is 33.6 Å². The largest absolute Gasteiger partial charge is 0.434 e. The molecule has 3 N–H and O–H groups in total. The number of thiazole rings is 1. The van der Waals surface area contributed by atoms with Crippen LogP contribution in [0.15, 0.2) is 34.6 Å². The molecule has 0 saturated heterocycles. The van der Waals surface area contributed by atoms with Gasteiger partial charge in [0, 0.05) is 38.4 Å². The quantitative estimate of drug-likeness (QED) is 0.442. The number of aliphatic imine (C=N–C) groups is 1. The van der Waals surface area contributed by atoms with Crippen LogP contribution >= 0.6 is 11.3 Å². The first-order chi connectivity index (χ1) is 13.0. The summed E-state index contributed by atoms with van der Waals surface area (Å²) in [6.07, 6.45) is -3.31. The number of hydrogen-bond acceptors (Lipinski definition) is 4. The number of benzene rings is 1. The summed E-state index contributed by atoms with van der Waals surface area (Å²) in [7, 11) is 1.64. The lowest BCUT2D eigenvalue weighted by Gasteiger charge is -2.10. The summed E-state index contributed by atoms with van der Waals surface area (Å²) in [5.41, 5.74) is 1.09. The summed E-state index contributed by atoms with van der Waals surface area (Å²) in [5, 5.41) is 7.71. The van der Waals surface area contributed by atoms with Crippen LogP contribution in [0.4, 0.5) is 13.2 Å². The van der Waals surface area contributed by atoms with E-state index in [9.17, 15) is 13.2 Å². The molecule has 10 heteroatoms. The molecule has 144 valence electrons. The van der Waals surface area contributed by atoms with Crippen LogP contribution in [-0.2, 0) is 19.0 Å². The van der Waals surface area contributed by atoms with E-state index in [1.165, 1.54) is 0 Å². The molecule has 0 bridgehead atoms. The van der Waals surface area contributed by atoms with Gasteiger partial charge in [-0.2, -0.15) is 13.2 Å². The van der Waals surface area contributed by atoms with Crippen molar-refractivity contribution in [2.45, 2.75) is 19.0 Å². The second-order valence-corrected chi connectivity index (χ2v) is 6.69. The molecule has 3 aromatic rings. The van der Waals surface area contributed by atoms with Crippen molar-refractivity contribution in [3.8, 4) is 0 Å². The van der Waals surface area contributed by atoms with Gasteiger partial charge in [-0.1, -0.05) is 12.1 Å². The smallest absolute Gasteiger partial charge is 0.356 e. The Morgan fingerprint density at radius 1 is 1.15 bits per heavy atom. The number of guanidine groups is 1. The molecule has 6 nitrogen and oxygen atoms in total. The Labute approximate surface area is 158 Å². The van der Waals surface area contributed by atoms with Crippen LogP contribution in [0.2, 0.25) is 0 Å². The molecular formula is C17H19F3N6S. The van der Waals surface area contributed by atoms with Gasteiger partial charge in [0.2, 0.25) is 0 Å². The minimum Gasteiger partial charge on any atom is -0.356 e. The molecule has 0 unspecified atom stereocenters. The van der Waals surface area contributed by atoms with E-state index < -0.39 is 11.9 Å². The summed E-state index contributed by atoms with van der Waals surface area (Å²) in [6, 6.07) is 7.82. The summed E-state index contributed by atoms with van der Waals surface area (Å²) < 4.78 is 37.6. The van der Waals surface area contributed by atoms with E-state index in [0.29, 0.717) is 36.9 Å². The van der Waals surface area contributed by atoms with Gasteiger partial charge in [0.25, 0.3) is 0 Å². The summed E-state index contributed by atoms with van der Waals surface area (Å²) in [6.45, 7) is 1.06. The molecule has 0 radical (unpaired) electrons. The van der Waals surface area contributed by atoms with Gasteiger partial charge in [-0.05, 0) is 12.1 Å². The Morgan fingerprint density at radius 3 is 2.56 bits per heavy atom. The summed E-state index contributed by atoms with van der Waals surface area (Å²) in [4.78, 5) is 15.5. The van der Waals surface area contributed by atoms with Crippen LogP contribution < -0.4 is 10.6 Å². The monoisotopic (exact) mass is 396 g/mol. The van der Waals surface area contributed by atoms with Gasteiger partial charge >= 0.3 is 6.18 Å². The highest BCUT2D eigenvalue weighted by molar-refractivity contribution is 7.09. The minimum absolute atomic E-state index is 0.394. The number of fused-ring (bicyclic) bond motifs is 1. The summed E-state index contributed by atoms with van der Waals surface area (Å²) in [5.74, 6) is 1.46. The zero-order valence-corrected chi connectivity index (χ0v) is 15.4. The van der Waals surface area contributed by atoms with E-state index in [4.69, 9.17) is 0 Å². The Kier molecular flexibility index (Phi) is 5.94. The number of aromatic amines is 1. The molecule has 2 heterocycles. The first-order valence-corrected chi connectivity index (χ1v) is 9.23. The fourth-order valence-electron chi connectivity index (χ4n) is 2.49. The third kappa shape index (κ3) is 5.19. The lowest BCUT2D eigenvalue weighted by Crippen LogP contribution is -2.39. The highest BCUT2D eigenvalue weighted by Gasteiger charge is 2.33. The number of rotatable bonds is 6. The first-order valence-electron chi connectivity index (χ1n) is 8.35. The summed E-state index contributed by atoms with van der Waals surface area (Å²) >= 11 is 1.01. The average molecular weight is 396 g/mol. The maximum absolute atomic E-state index is 12.5. The van der Waals surface area contributed by atoms with Crippen LogP contribution in [0, 0.1) is 0 Å². The number of alkyl halides is 3. The zero-order valence-electron chi connectivity index (χ0n) is 14.6. The number of aromatic nitrogens is 3. The van der Waals surface area contributed by atoms with Crippen molar-refractivity contribution < 1.29 is 13.2 Å². The standard InChI is InChI=1S/C17H19F3N6S/c1-21-16(23-9-7-15-26-13(10-27-15)17(18,19)20)22-8-6-14-24-11-4-2-3-5-12(11)25-14/h2-5,10H,6-9H2,1H3,(H,24,25)(H2,21,22,23). The fraction of sp³-hybridized carbons (Fsp3) is 0.353. The maximum atomic E-state index is 12.5. The molecule has 0 amide bonds. The van der Waals surface area contributed by atoms with Gasteiger partial charge in [0.05, 0.1) is 16.0 Å². The predicted molar refractivity (Wildman–Crippen MR) is 100.0 cm³/mol. The molecule has 0 atom stereocenters. The molecule has 0 aliphatic heterocycles. The maximum Gasteiger partial charge on any atom is 0.434 e. The number of nitrogens with zero attached hydrogens (tertiary/aromatic N) is 3. The lowest BCUT2D eigenvalue weighted by atomic mass is 10.3. The van der Waals surface area contributed by atoms with Crippen LogP contribution in [0.3, 0.4) is 0 Å². The van der Waals surface area contributed by atoms with Crippen molar-refractivity contribution in [1.29, 1.82) is 0 Å². The molecule has 27 heavy (non-hydrogen) atoms. The van der Waals surface area contributed by atoms with E-state index in [2.05, 4.69) is 30.6 Å². The minimum atomic E-state index is -4.39. The molecule has 1 aromatic carbocycles. The number of halogens is 3. The highest BCUT2D eigenvalue weighted by Crippen LogP contribution is 2.29. The number of para-hydroxylation sites is 2. The second-order valence-electron chi connectivity index (χ2n) is 5.75. The van der Waals surface area contributed by atoms with Crippen molar-refractivity contribution in [2.24, 2.45) is 4.99 Å². The second kappa shape index (κ2) is 8.38. The van der Waals surface area contributed by atoms with Crippen LogP contribution in [0.25, 0.3) is 11.0 Å². The number of imidazole rings is 1. The van der Waals surface area contributed by atoms with Crippen LogP contribution in [-0.4, -0.2) is 41.0 Å². The molecule has 0 fully saturated rings. The van der Waals surface area contributed by atoms with Gasteiger partial charge in [-0.25, -0.2) is 9.97 Å². The number of H-pyrrole nitrogens is 1. The molecule has 2 aromatic heterocycles. The zero-order chi connectivity index (χ0) is 19.3. The molecule has 3 rings (SSSR count). The third-order valence-electron chi connectivity index (χ3n) is 3.79. The van der Waals surface area contributed by atoms with E-state index in [1.54, 1.807) is 7.05 Å². The fourth-order valence-corrected chi connectivity index (χ4v) is 3.29. The van der Waals surface area contributed by atoms with Gasteiger partial charge < -0.3 is 15.6 Å². The first kappa shape index (κ1) is 19.2. The molecule has 0 aliphatic rings. The average Bonchev–Trinajstić information content (AvgIpc) is 3.26. The van der Waals surface area contributed by atoms with E-state index in [1.807, 2.05) is 24.3 Å². The third-order valence-corrected chi connectivity index (χ3v) is 4.70. The predicted octanol–water partition coefficient (Wildman–Crippen LogP) is 2.99. The van der Waals surface area contributed by atoms with E-state index >= 15 is 0 Å². The van der Waals surface area contributed by atoms with Gasteiger partial charge in [0.1, 0.15) is 5.82 Å². The Hall–Kier alpha value is -2.62.